The van der Waals surface area contributed by atoms with E-state index in [2.05, 4.69) is 6.92 Å². The molecule has 26 heavy (non-hydrogen) atoms. The number of benzene rings is 2. The predicted molar refractivity (Wildman–Crippen MR) is 102 cm³/mol. The van der Waals surface area contributed by atoms with Crippen molar-refractivity contribution < 1.29 is 14.3 Å². The summed E-state index contributed by atoms with van der Waals surface area (Å²) in [4.78, 5) is 25.5. The smallest absolute Gasteiger partial charge is 0.317 e. The Balaban J connectivity index is 1.87. The summed E-state index contributed by atoms with van der Waals surface area (Å²) < 4.78 is 5.47. The first-order valence-corrected chi connectivity index (χ1v) is 9.51. The zero-order valence-electron chi connectivity index (χ0n) is 15.3. The molecule has 1 fully saturated rings. The maximum atomic E-state index is 12.8. The zero-order chi connectivity index (χ0) is 18.4. The van der Waals surface area contributed by atoms with Crippen LogP contribution in [0.2, 0.25) is 0 Å². The first kappa shape index (κ1) is 18.4. The molecule has 0 heterocycles. The van der Waals surface area contributed by atoms with Gasteiger partial charge in [0.1, 0.15) is 11.7 Å². The van der Waals surface area contributed by atoms with Gasteiger partial charge in [0.25, 0.3) is 0 Å². The van der Waals surface area contributed by atoms with Crippen molar-refractivity contribution in [2.24, 2.45) is 5.92 Å². The van der Waals surface area contributed by atoms with Crippen molar-refractivity contribution in [1.29, 1.82) is 0 Å². The van der Waals surface area contributed by atoms with E-state index in [1.54, 1.807) is 0 Å². The lowest BCUT2D eigenvalue weighted by atomic mass is 9.80. The summed E-state index contributed by atoms with van der Waals surface area (Å²) >= 11 is 0. The van der Waals surface area contributed by atoms with Gasteiger partial charge >= 0.3 is 5.97 Å². The third-order valence-electron chi connectivity index (χ3n) is 5.22. The summed E-state index contributed by atoms with van der Waals surface area (Å²) in [5, 5.41) is 0. The Labute approximate surface area is 155 Å². The molecule has 3 atom stereocenters. The molecule has 0 spiro atoms. The van der Waals surface area contributed by atoms with Crippen LogP contribution in [0.4, 0.5) is 0 Å². The molecule has 0 saturated heterocycles. The van der Waals surface area contributed by atoms with E-state index in [0.717, 1.165) is 30.4 Å². The van der Waals surface area contributed by atoms with Crippen LogP contribution in [0.25, 0.3) is 0 Å². The molecule has 0 aromatic heterocycles. The van der Waals surface area contributed by atoms with Gasteiger partial charge < -0.3 is 4.74 Å². The molecule has 2 aromatic carbocycles. The van der Waals surface area contributed by atoms with Crippen LogP contribution in [0.15, 0.2) is 60.7 Å². The highest BCUT2D eigenvalue weighted by atomic mass is 16.5. The van der Waals surface area contributed by atoms with Gasteiger partial charge in [0.05, 0.1) is 6.61 Å². The number of ether oxygens (including phenoxy) is 1. The second-order valence-corrected chi connectivity index (χ2v) is 6.98. The van der Waals surface area contributed by atoms with Gasteiger partial charge in [-0.1, -0.05) is 80.4 Å². The van der Waals surface area contributed by atoms with Gasteiger partial charge in [0.2, 0.25) is 0 Å². The van der Waals surface area contributed by atoms with E-state index in [9.17, 15) is 9.59 Å². The Morgan fingerprint density at radius 1 is 0.962 bits per heavy atom. The number of carbonyl (C=O) groups is 2. The highest BCUT2D eigenvalue weighted by Gasteiger charge is 2.48. The first-order valence-electron chi connectivity index (χ1n) is 9.51. The van der Waals surface area contributed by atoms with Crippen molar-refractivity contribution >= 4 is 11.8 Å². The summed E-state index contributed by atoms with van der Waals surface area (Å²) in [6, 6.07) is 19.9. The highest BCUT2D eigenvalue weighted by Crippen LogP contribution is 2.48. The van der Waals surface area contributed by atoms with E-state index in [0.29, 0.717) is 13.0 Å². The Kier molecular flexibility index (Phi) is 6.21. The maximum Gasteiger partial charge on any atom is 0.317 e. The lowest BCUT2D eigenvalue weighted by Gasteiger charge is -2.24. The SMILES string of the molecule is CCCCCOC(=O)[C@H]1C(=O)C[C@@H](c2ccccc2)[C@@H]1c1ccccc1. The van der Waals surface area contributed by atoms with Crippen LogP contribution in [0, 0.1) is 5.92 Å². The van der Waals surface area contributed by atoms with E-state index in [-0.39, 0.29) is 23.6 Å². The first-order chi connectivity index (χ1) is 12.7. The standard InChI is InChI=1S/C23H26O3/c1-2-3-10-15-26-23(25)22-20(24)16-19(17-11-6-4-7-12-17)21(22)18-13-8-5-9-14-18/h4-9,11-14,19,21-22H,2-3,10,15-16H2,1H3/t19-,21-,22-/m0/s1. The summed E-state index contributed by atoms with van der Waals surface area (Å²) in [6.45, 7) is 2.51. The molecule has 3 nitrogen and oxygen atoms in total. The third kappa shape index (κ3) is 4.04. The fourth-order valence-electron chi connectivity index (χ4n) is 3.92. The molecule has 0 amide bonds. The maximum absolute atomic E-state index is 12.8. The summed E-state index contributed by atoms with van der Waals surface area (Å²) in [5.74, 6) is -1.22. The molecule has 1 saturated carbocycles. The molecule has 136 valence electrons. The lowest BCUT2D eigenvalue weighted by molar-refractivity contribution is -0.151. The van der Waals surface area contributed by atoms with Crippen molar-refractivity contribution in [3.05, 3.63) is 71.8 Å². The monoisotopic (exact) mass is 350 g/mol. The summed E-state index contributed by atoms with van der Waals surface area (Å²) in [5.41, 5.74) is 2.14. The van der Waals surface area contributed by atoms with E-state index in [1.807, 2.05) is 60.7 Å². The number of carbonyl (C=O) groups excluding carboxylic acids is 2. The number of hydrogen-bond acceptors (Lipinski definition) is 3. The molecule has 0 radical (unpaired) electrons. The van der Waals surface area contributed by atoms with Crippen LogP contribution in [-0.4, -0.2) is 18.4 Å². The topological polar surface area (TPSA) is 43.4 Å². The lowest BCUT2D eigenvalue weighted by Crippen LogP contribution is -2.27. The number of hydrogen-bond donors (Lipinski definition) is 0. The van der Waals surface area contributed by atoms with Crippen molar-refractivity contribution in [2.75, 3.05) is 6.61 Å². The molecule has 0 bridgehead atoms. The zero-order valence-corrected chi connectivity index (χ0v) is 15.3. The largest absolute Gasteiger partial charge is 0.465 e. The Morgan fingerprint density at radius 2 is 1.58 bits per heavy atom. The van der Waals surface area contributed by atoms with Crippen LogP contribution >= 0.6 is 0 Å². The fraction of sp³-hybridized carbons (Fsp3) is 0.391. The van der Waals surface area contributed by atoms with Crippen LogP contribution in [0.5, 0.6) is 0 Å². The van der Waals surface area contributed by atoms with Crippen molar-refractivity contribution in [1.82, 2.24) is 0 Å². The second kappa shape index (κ2) is 8.79. The number of esters is 1. The molecule has 1 aliphatic carbocycles. The number of unbranched alkanes of at least 4 members (excludes halogenated alkanes) is 2. The minimum Gasteiger partial charge on any atom is -0.465 e. The van der Waals surface area contributed by atoms with E-state index in [1.165, 1.54) is 0 Å². The van der Waals surface area contributed by atoms with Crippen LogP contribution in [0.3, 0.4) is 0 Å². The number of rotatable bonds is 7. The minimum atomic E-state index is -0.704. The molecule has 0 N–H and O–H groups in total. The van der Waals surface area contributed by atoms with Gasteiger partial charge in [-0.15, -0.1) is 0 Å². The molecular weight excluding hydrogens is 324 g/mol. The molecule has 3 heteroatoms. The Bertz CT molecular complexity index is 724. The van der Waals surface area contributed by atoms with E-state index >= 15 is 0 Å². The molecular formula is C23H26O3. The fourth-order valence-corrected chi connectivity index (χ4v) is 3.92. The van der Waals surface area contributed by atoms with E-state index < -0.39 is 5.92 Å². The minimum absolute atomic E-state index is 0.00630. The average Bonchev–Trinajstić information content (AvgIpc) is 3.04. The van der Waals surface area contributed by atoms with Gasteiger partial charge in [-0.05, 0) is 23.5 Å². The number of Topliss-reactive ketones (excluding diaryl/α,β-unsaturated/α-hetero) is 1. The average molecular weight is 350 g/mol. The van der Waals surface area contributed by atoms with Crippen molar-refractivity contribution in [3.8, 4) is 0 Å². The molecule has 2 aromatic rings. The Morgan fingerprint density at radius 3 is 2.19 bits per heavy atom. The van der Waals surface area contributed by atoms with Crippen LogP contribution in [-0.2, 0) is 14.3 Å². The second-order valence-electron chi connectivity index (χ2n) is 6.98. The van der Waals surface area contributed by atoms with Gasteiger partial charge in [-0.3, -0.25) is 9.59 Å². The van der Waals surface area contributed by atoms with Crippen molar-refractivity contribution in [3.63, 3.8) is 0 Å². The number of ketones is 1. The van der Waals surface area contributed by atoms with Crippen LogP contribution in [0.1, 0.15) is 55.6 Å². The summed E-state index contributed by atoms with van der Waals surface area (Å²) in [7, 11) is 0. The molecule has 3 rings (SSSR count). The van der Waals surface area contributed by atoms with E-state index in [4.69, 9.17) is 4.74 Å². The highest BCUT2D eigenvalue weighted by molar-refractivity contribution is 6.02. The van der Waals surface area contributed by atoms with Crippen LogP contribution < -0.4 is 0 Å². The van der Waals surface area contributed by atoms with Crippen molar-refractivity contribution in [2.45, 2.75) is 44.4 Å². The molecule has 1 aliphatic rings. The predicted octanol–water partition coefficient (Wildman–Crippen LogP) is 4.88. The normalized spacial score (nSPS) is 22.3. The molecule has 0 unspecified atom stereocenters. The van der Waals surface area contributed by atoms with Gasteiger partial charge in [0.15, 0.2) is 0 Å². The van der Waals surface area contributed by atoms with Gasteiger partial charge in [0, 0.05) is 12.3 Å². The van der Waals surface area contributed by atoms with Gasteiger partial charge in [-0.25, -0.2) is 0 Å². The quantitative estimate of drug-likeness (QED) is 0.406. The third-order valence-corrected chi connectivity index (χ3v) is 5.22. The van der Waals surface area contributed by atoms with Gasteiger partial charge in [-0.2, -0.15) is 0 Å². The Hall–Kier alpha value is -2.42. The molecule has 0 aliphatic heterocycles. The summed E-state index contributed by atoms with van der Waals surface area (Å²) in [6.07, 6.45) is 3.34.